The van der Waals surface area contributed by atoms with Crippen LogP contribution in [0.15, 0.2) is 23.8 Å². The van der Waals surface area contributed by atoms with Crippen molar-refractivity contribution in [3.8, 4) is 0 Å². The van der Waals surface area contributed by atoms with Crippen LogP contribution in [-0.4, -0.2) is 0 Å². The van der Waals surface area contributed by atoms with E-state index in [0.29, 0.717) is 11.0 Å². The summed E-state index contributed by atoms with van der Waals surface area (Å²) >= 11 is 5.53. The van der Waals surface area contributed by atoms with Crippen LogP contribution in [-0.2, 0) is 0 Å². The van der Waals surface area contributed by atoms with Crippen LogP contribution >= 0.6 is 11.6 Å². The smallest absolute Gasteiger partial charge is 0.0362 e. The highest BCUT2D eigenvalue weighted by molar-refractivity contribution is 6.31. The Labute approximate surface area is 55.9 Å². The second-order valence-corrected chi connectivity index (χ2v) is 2.54. The minimum atomic E-state index is 0.417. The Morgan fingerprint density at radius 1 is 1.38 bits per heavy atom. The van der Waals surface area contributed by atoms with Gasteiger partial charge in [0.1, 0.15) is 0 Å². The zero-order valence-corrected chi connectivity index (χ0v) is 6.13. The van der Waals surface area contributed by atoms with Crippen molar-refractivity contribution in [2.45, 2.75) is 13.8 Å². The highest BCUT2D eigenvalue weighted by Crippen LogP contribution is 2.17. The van der Waals surface area contributed by atoms with E-state index in [4.69, 9.17) is 11.6 Å². The van der Waals surface area contributed by atoms with Gasteiger partial charge in [0.15, 0.2) is 0 Å². The van der Waals surface area contributed by atoms with Crippen molar-refractivity contribution in [1.82, 2.24) is 0 Å². The Kier molecular flexibility index (Phi) is 2.85. The van der Waals surface area contributed by atoms with Crippen molar-refractivity contribution in [2.75, 3.05) is 0 Å². The van der Waals surface area contributed by atoms with Gasteiger partial charge in [0.05, 0.1) is 0 Å². The van der Waals surface area contributed by atoms with Gasteiger partial charge >= 0.3 is 0 Å². The van der Waals surface area contributed by atoms with Gasteiger partial charge in [-0.1, -0.05) is 38.6 Å². The maximum Gasteiger partial charge on any atom is 0.0362 e. The topological polar surface area (TPSA) is 0 Å². The summed E-state index contributed by atoms with van der Waals surface area (Å²) in [5.74, 6) is 0.417. The van der Waals surface area contributed by atoms with Crippen LogP contribution in [0.2, 0.25) is 0 Å². The fourth-order valence-electron chi connectivity index (χ4n) is 0.313. The van der Waals surface area contributed by atoms with Gasteiger partial charge in [0, 0.05) is 5.03 Å². The molecule has 0 aromatic rings. The molecule has 0 nitrogen and oxygen atoms in total. The molecule has 0 fully saturated rings. The average molecular weight is 131 g/mol. The van der Waals surface area contributed by atoms with Gasteiger partial charge in [-0.25, -0.2) is 0 Å². The van der Waals surface area contributed by atoms with Crippen LogP contribution in [0.4, 0.5) is 0 Å². The van der Waals surface area contributed by atoms with E-state index in [0.717, 1.165) is 5.57 Å². The Balaban J connectivity index is 3.84. The van der Waals surface area contributed by atoms with Crippen LogP contribution in [0.25, 0.3) is 0 Å². The highest BCUT2D eigenvalue weighted by Gasteiger charge is 1.99. The number of hydrogen-bond donors (Lipinski definition) is 0. The molecule has 0 bridgehead atoms. The largest absolute Gasteiger partial charge is 0.0941 e. The van der Waals surface area contributed by atoms with E-state index < -0.39 is 0 Å². The van der Waals surface area contributed by atoms with Crippen LogP contribution < -0.4 is 0 Å². The normalized spacial score (nSPS) is 9.50. The Morgan fingerprint density at radius 3 is 1.75 bits per heavy atom. The van der Waals surface area contributed by atoms with E-state index in [1.54, 1.807) is 0 Å². The molecule has 0 heterocycles. The molecule has 46 valence electrons. The first-order chi connectivity index (χ1) is 3.55. The second-order valence-electron chi connectivity index (χ2n) is 2.08. The van der Waals surface area contributed by atoms with Gasteiger partial charge in [-0.05, 0) is 11.5 Å². The fourth-order valence-corrected chi connectivity index (χ4v) is 0.531. The maximum absolute atomic E-state index is 5.53. The molecule has 0 N–H and O–H groups in total. The fraction of sp³-hybridized carbons (Fsp3) is 0.429. The third-order valence-corrected chi connectivity index (χ3v) is 1.29. The lowest BCUT2D eigenvalue weighted by Gasteiger charge is -2.04. The molecule has 1 heteroatoms. The molecule has 0 aliphatic carbocycles. The predicted octanol–water partition coefficient (Wildman–Crippen LogP) is 2.95. The average Bonchev–Trinajstić information content (AvgIpc) is 1.64. The van der Waals surface area contributed by atoms with Gasteiger partial charge < -0.3 is 0 Å². The van der Waals surface area contributed by atoms with Gasteiger partial charge in [0.25, 0.3) is 0 Å². The summed E-state index contributed by atoms with van der Waals surface area (Å²) in [6, 6.07) is 0. The van der Waals surface area contributed by atoms with Gasteiger partial charge in [-0.3, -0.25) is 0 Å². The maximum atomic E-state index is 5.53. The first-order valence-corrected chi connectivity index (χ1v) is 2.97. The minimum absolute atomic E-state index is 0.417. The number of allylic oxidation sites excluding steroid dienone is 2. The molecule has 8 heavy (non-hydrogen) atoms. The summed E-state index contributed by atoms with van der Waals surface area (Å²) in [4.78, 5) is 0. The zero-order valence-electron chi connectivity index (χ0n) is 5.37. The lowest BCUT2D eigenvalue weighted by atomic mass is 10.1. The van der Waals surface area contributed by atoms with Crippen LogP contribution in [0.1, 0.15) is 13.8 Å². The predicted molar refractivity (Wildman–Crippen MR) is 39.0 cm³/mol. The molecular weight excluding hydrogens is 120 g/mol. The Morgan fingerprint density at radius 2 is 1.75 bits per heavy atom. The van der Waals surface area contributed by atoms with E-state index in [-0.39, 0.29) is 0 Å². The molecule has 0 aromatic carbocycles. The minimum Gasteiger partial charge on any atom is -0.0941 e. The first-order valence-electron chi connectivity index (χ1n) is 2.59. The third-order valence-electron chi connectivity index (χ3n) is 1.05. The summed E-state index contributed by atoms with van der Waals surface area (Å²) in [5, 5.41) is 0.569. The molecule has 0 aliphatic heterocycles. The molecule has 0 atom stereocenters. The summed E-state index contributed by atoms with van der Waals surface area (Å²) in [6.07, 6.45) is 0. The van der Waals surface area contributed by atoms with Crippen molar-refractivity contribution >= 4 is 11.6 Å². The quantitative estimate of drug-likeness (QED) is 0.505. The molecule has 0 aliphatic rings. The molecule has 0 amide bonds. The van der Waals surface area contributed by atoms with Crippen LogP contribution in [0.5, 0.6) is 0 Å². The summed E-state index contributed by atoms with van der Waals surface area (Å²) in [5.41, 5.74) is 0.923. The van der Waals surface area contributed by atoms with E-state index in [9.17, 15) is 0 Å². The van der Waals surface area contributed by atoms with Crippen molar-refractivity contribution < 1.29 is 0 Å². The van der Waals surface area contributed by atoms with Crippen molar-refractivity contribution in [2.24, 2.45) is 5.92 Å². The third kappa shape index (κ3) is 2.17. The second kappa shape index (κ2) is 2.93. The summed E-state index contributed by atoms with van der Waals surface area (Å²) in [6.45, 7) is 11.3. The Bertz CT molecular complexity index is 112. The number of rotatable bonds is 2. The number of hydrogen-bond acceptors (Lipinski definition) is 0. The molecule has 0 rings (SSSR count). The zero-order chi connectivity index (χ0) is 6.73. The summed E-state index contributed by atoms with van der Waals surface area (Å²) < 4.78 is 0. The van der Waals surface area contributed by atoms with E-state index in [1.807, 2.05) is 13.8 Å². The number of halogens is 1. The van der Waals surface area contributed by atoms with Gasteiger partial charge in [0.2, 0.25) is 0 Å². The summed E-state index contributed by atoms with van der Waals surface area (Å²) in [7, 11) is 0. The highest BCUT2D eigenvalue weighted by atomic mass is 35.5. The molecule has 0 aromatic heterocycles. The standard InChI is InChI=1S/C7H11Cl/c1-5(2)6(3)7(4)8/h5H,3-4H2,1-2H3. The molecule has 0 saturated heterocycles. The Hall–Kier alpha value is -0.230. The van der Waals surface area contributed by atoms with Gasteiger partial charge in [-0.15, -0.1) is 0 Å². The molecule has 0 unspecified atom stereocenters. The lowest BCUT2D eigenvalue weighted by molar-refractivity contribution is 0.792. The van der Waals surface area contributed by atoms with Crippen molar-refractivity contribution in [3.63, 3.8) is 0 Å². The van der Waals surface area contributed by atoms with Crippen molar-refractivity contribution in [3.05, 3.63) is 23.8 Å². The molecular formula is C7H11Cl. The van der Waals surface area contributed by atoms with E-state index >= 15 is 0 Å². The molecule has 0 radical (unpaired) electrons. The SMILES string of the molecule is C=C(Cl)C(=C)C(C)C. The molecule has 0 saturated carbocycles. The first kappa shape index (κ1) is 7.77. The van der Waals surface area contributed by atoms with E-state index in [2.05, 4.69) is 13.2 Å². The van der Waals surface area contributed by atoms with Gasteiger partial charge in [-0.2, -0.15) is 0 Å². The monoisotopic (exact) mass is 130 g/mol. The van der Waals surface area contributed by atoms with Crippen LogP contribution in [0, 0.1) is 5.92 Å². The van der Waals surface area contributed by atoms with Crippen LogP contribution in [0.3, 0.4) is 0 Å². The lowest BCUT2D eigenvalue weighted by Crippen LogP contribution is -1.89. The molecule has 0 spiro atoms. The van der Waals surface area contributed by atoms with Crippen molar-refractivity contribution in [1.29, 1.82) is 0 Å². The van der Waals surface area contributed by atoms with E-state index in [1.165, 1.54) is 0 Å².